The van der Waals surface area contributed by atoms with Crippen molar-refractivity contribution in [2.75, 3.05) is 18.0 Å². The van der Waals surface area contributed by atoms with Crippen LogP contribution >= 0.6 is 23.2 Å². The van der Waals surface area contributed by atoms with E-state index in [4.69, 9.17) is 23.2 Å². The molecule has 1 fully saturated rings. The summed E-state index contributed by atoms with van der Waals surface area (Å²) >= 11 is 12.1. The van der Waals surface area contributed by atoms with Gasteiger partial charge in [-0.25, -0.2) is 0 Å². The summed E-state index contributed by atoms with van der Waals surface area (Å²) in [5.41, 5.74) is 0.822. The van der Waals surface area contributed by atoms with Gasteiger partial charge in [-0.05, 0) is 12.8 Å². The number of anilines is 1. The molecule has 1 aliphatic rings. The Labute approximate surface area is 104 Å². The van der Waals surface area contributed by atoms with Gasteiger partial charge in [-0.2, -0.15) is 0 Å². The summed E-state index contributed by atoms with van der Waals surface area (Å²) in [4.78, 5) is 16.5. The Bertz CT molecular complexity index is 369. The summed E-state index contributed by atoms with van der Waals surface area (Å²) in [6.45, 7) is 1.56. The molecular weight excluding hydrogens is 247 g/mol. The van der Waals surface area contributed by atoms with E-state index in [0.29, 0.717) is 10.0 Å². The predicted molar refractivity (Wildman–Crippen MR) is 64.9 cm³/mol. The summed E-state index contributed by atoms with van der Waals surface area (Å²) in [5, 5.41) is 1.11. The van der Waals surface area contributed by atoms with Crippen molar-refractivity contribution >= 4 is 35.2 Å². The SMILES string of the molecule is O=[C]C1CCN(c2c(Cl)cncc2Cl)CC1. The van der Waals surface area contributed by atoms with E-state index < -0.39 is 0 Å². The summed E-state index contributed by atoms with van der Waals surface area (Å²) in [6, 6.07) is 0. The Morgan fingerprint density at radius 3 is 2.31 bits per heavy atom. The first kappa shape index (κ1) is 11.7. The minimum Gasteiger partial charge on any atom is -0.369 e. The normalized spacial score (nSPS) is 17.5. The highest BCUT2D eigenvalue weighted by Crippen LogP contribution is 2.34. The van der Waals surface area contributed by atoms with Gasteiger partial charge in [0.25, 0.3) is 0 Å². The van der Waals surface area contributed by atoms with Crippen LogP contribution in [-0.4, -0.2) is 24.4 Å². The molecule has 1 saturated heterocycles. The van der Waals surface area contributed by atoms with Gasteiger partial charge in [0.1, 0.15) is 0 Å². The first-order valence-corrected chi connectivity index (χ1v) is 5.89. The lowest BCUT2D eigenvalue weighted by molar-refractivity contribution is 0.458. The smallest absolute Gasteiger partial charge is 0.201 e. The molecule has 1 radical (unpaired) electrons. The van der Waals surface area contributed by atoms with E-state index in [2.05, 4.69) is 16.2 Å². The molecule has 1 aromatic rings. The predicted octanol–water partition coefficient (Wildman–Crippen LogP) is 2.71. The number of aromatic nitrogens is 1. The van der Waals surface area contributed by atoms with Gasteiger partial charge in [0.15, 0.2) is 0 Å². The average Bonchev–Trinajstić information content (AvgIpc) is 2.30. The molecule has 0 unspecified atom stereocenters. The molecule has 0 spiro atoms. The van der Waals surface area contributed by atoms with Crippen molar-refractivity contribution in [1.29, 1.82) is 0 Å². The van der Waals surface area contributed by atoms with E-state index in [1.807, 2.05) is 0 Å². The van der Waals surface area contributed by atoms with Gasteiger partial charge in [-0.3, -0.25) is 9.78 Å². The minimum atomic E-state index is 0.0515. The number of pyridine rings is 1. The second-order valence-electron chi connectivity index (χ2n) is 3.83. The third-order valence-corrected chi connectivity index (χ3v) is 3.36. The number of hydrogen-bond acceptors (Lipinski definition) is 3. The van der Waals surface area contributed by atoms with Crippen molar-refractivity contribution in [2.24, 2.45) is 5.92 Å². The maximum absolute atomic E-state index is 10.5. The Hall–Kier alpha value is -0.800. The fraction of sp³-hybridized carbons (Fsp3) is 0.455. The zero-order valence-electron chi connectivity index (χ0n) is 8.62. The Kier molecular flexibility index (Phi) is 3.66. The second kappa shape index (κ2) is 5.02. The summed E-state index contributed by atoms with van der Waals surface area (Å²) < 4.78 is 0. The number of piperidine rings is 1. The van der Waals surface area contributed by atoms with Crippen LogP contribution in [0.1, 0.15) is 12.8 Å². The summed E-state index contributed by atoms with van der Waals surface area (Å²) in [5.74, 6) is 0.0515. The fourth-order valence-corrected chi connectivity index (χ4v) is 2.53. The summed E-state index contributed by atoms with van der Waals surface area (Å²) in [6.07, 6.45) is 6.83. The van der Waals surface area contributed by atoms with Crippen molar-refractivity contribution in [3.63, 3.8) is 0 Å². The quantitative estimate of drug-likeness (QED) is 0.817. The van der Waals surface area contributed by atoms with Crippen molar-refractivity contribution in [1.82, 2.24) is 4.98 Å². The largest absolute Gasteiger partial charge is 0.369 e. The maximum atomic E-state index is 10.5. The van der Waals surface area contributed by atoms with Crippen molar-refractivity contribution in [2.45, 2.75) is 12.8 Å². The second-order valence-corrected chi connectivity index (χ2v) is 4.65. The zero-order valence-corrected chi connectivity index (χ0v) is 10.1. The molecule has 0 N–H and O–H groups in total. The molecular formula is C11H11Cl2N2O. The van der Waals surface area contributed by atoms with Gasteiger partial charge in [-0.15, -0.1) is 0 Å². The van der Waals surface area contributed by atoms with E-state index in [1.54, 1.807) is 12.4 Å². The number of hydrogen-bond donors (Lipinski definition) is 0. The Morgan fingerprint density at radius 1 is 1.25 bits per heavy atom. The molecule has 2 heterocycles. The van der Waals surface area contributed by atoms with Gasteiger partial charge in [0.05, 0.1) is 15.7 Å². The number of rotatable bonds is 2. The lowest BCUT2D eigenvalue weighted by atomic mass is 9.98. The van der Waals surface area contributed by atoms with E-state index in [1.165, 1.54) is 0 Å². The van der Waals surface area contributed by atoms with Crippen LogP contribution in [0.2, 0.25) is 10.0 Å². The van der Waals surface area contributed by atoms with Gasteiger partial charge < -0.3 is 4.90 Å². The van der Waals surface area contributed by atoms with Crippen molar-refractivity contribution in [3.05, 3.63) is 22.4 Å². The van der Waals surface area contributed by atoms with Crippen LogP contribution in [0.5, 0.6) is 0 Å². The van der Waals surface area contributed by atoms with E-state index >= 15 is 0 Å². The molecule has 3 nitrogen and oxygen atoms in total. The lowest BCUT2D eigenvalue weighted by Crippen LogP contribution is -2.34. The molecule has 1 aliphatic heterocycles. The molecule has 0 amide bonds. The maximum Gasteiger partial charge on any atom is 0.201 e. The third-order valence-electron chi connectivity index (χ3n) is 2.81. The van der Waals surface area contributed by atoms with Gasteiger partial charge >= 0.3 is 0 Å². The minimum absolute atomic E-state index is 0.0515. The van der Waals surface area contributed by atoms with Gasteiger partial charge in [0, 0.05) is 31.4 Å². The Morgan fingerprint density at radius 2 is 1.81 bits per heavy atom. The van der Waals surface area contributed by atoms with Crippen LogP contribution in [0.15, 0.2) is 12.4 Å². The zero-order chi connectivity index (χ0) is 11.5. The van der Waals surface area contributed by atoms with Crippen LogP contribution in [0.3, 0.4) is 0 Å². The molecule has 0 atom stereocenters. The van der Waals surface area contributed by atoms with Crippen molar-refractivity contribution < 1.29 is 4.79 Å². The number of halogens is 2. The first-order chi connectivity index (χ1) is 7.72. The summed E-state index contributed by atoms with van der Waals surface area (Å²) in [7, 11) is 0. The highest BCUT2D eigenvalue weighted by molar-refractivity contribution is 6.38. The van der Waals surface area contributed by atoms with Crippen LogP contribution in [-0.2, 0) is 4.79 Å². The third kappa shape index (κ3) is 2.30. The molecule has 0 bridgehead atoms. The molecule has 0 aliphatic carbocycles. The number of carbonyl (C=O) groups excluding carboxylic acids is 1. The van der Waals surface area contributed by atoms with Gasteiger partial charge in [-0.1, -0.05) is 23.2 Å². The van der Waals surface area contributed by atoms with Crippen LogP contribution in [0.25, 0.3) is 0 Å². The van der Waals surface area contributed by atoms with E-state index in [0.717, 1.165) is 31.6 Å². The lowest BCUT2D eigenvalue weighted by Gasteiger charge is -2.32. The standard InChI is InChI=1S/C11H11Cl2N2O/c12-9-5-14-6-10(13)11(9)15-3-1-8(7-16)2-4-15/h5-6,8H,1-4H2. The van der Waals surface area contributed by atoms with Crippen LogP contribution in [0.4, 0.5) is 5.69 Å². The molecule has 5 heteroatoms. The highest BCUT2D eigenvalue weighted by atomic mass is 35.5. The van der Waals surface area contributed by atoms with Crippen molar-refractivity contribution in [3.8, 4) is 0 Å². The first-order valence-electron chi connectivity index (χ1n) is 5.14. The van der Waals surface area contributed by atoms with Crippen LogP contribution < -0.4 is 4.90 Å². The average molecular weight is 258 g/mol. The highest BCUT2D eigenvalue weighted by Gasteiger charge is 2.22. The molecule has 0 aromatic carbocycles. The molecule has 85 valence electrons. The van der Waals surface area contributed by atoms with Crippen LogP contribution in [0, 0.1) is 5.92 Å². The molecule has 1 aromatic heterocycles. The monoisotopic (exact) mass is 257 g/mol. The number of nitrogens with zero attached hydrogens (tertiary/aromatic N) is 2. The van der Waals surface area contributed by atoms with E-state index in [9.17, 15) is 4.79 Å². The fourth-order valence-electron chi connectivity index (χ4n) is 1.93. The van der Waals surface area contributed by atoms with Gasteiger partial charge in [0.2, 0.25) is 6.29 Å². The van der Waals surface area contributed by atoms with E-state index in [-0.39, 0.29) is 5.92 Å². The Balaban J connectivity index is 2.17. The molecule has 2 rings (SSSR count). The topological polar surface area (TPSA) is 33.2 Å². The molecule has 0 saturated carbocycles. The molecule has 16 heavy (non-hydrogen) atoms.